The summed E-state index contributed by atoms with van der Waals surface area (Å²) in [6.45, 7) is 12.7. The third-order valence-electron chi connectivity index (χ3n) is 3.66. The zero-order valence-electron chi connectivity index (χ0n) is 15.6. The van der Waals surface area contributed by atoms with Crippen LogP contribution in [0.25, 0.3) is 0 Å². The van der Waals surface area contributed by atoms with Crippen LogP contribution < -0.4 is 5.32 Å². The highest BCUT2D eigenvalue weighted by molar-refractivity contribution is 5.83. The maximum atomic E-state index is 11.9. The lowest BCUT2D eigenvalue weighted by Gasteiger charge is -2.36. The fraction of sp³-hybridized carbons (Fsp3) is 0.706. The quantitative estimate of drug-likeness (QED) is 0.483. The number of esters is 1. The van der Waals surface area contributed by atoms with Gasteiger partial charge in [0.15, 0.2) is 5.96 Å². The first kappa shape index (κ1) is 19.2. The maximum absolute atomic E-state index is 11.9. The first-order valence-corrected chi connectivity index (χ1v) is 8.74. The summed E-state index contributed by atoms with van der Waals surface area (Å²) in [6, 6.07) is 1.89. The normalized spacial score (nSPS) is 16.8. The lowest BCUT2D eigenvalue weighted by molar-refractivity contribution is -0.152. The molecule has 1 aromatic heterocycles. The molecule has 0 radical (unpaired) electrons. The number of hydrogen-bond donors (Lipinski definition) is 1. The van der Waals surface area contributed by atoms with Crippen molar-refractivity contribution < 1.29 is 14.1 Å². The van der Waals surface area contributed by atoms with E-state index in [-0.39, 0.29) is 12.5 Å². The molecule has 1 aliphatic rings. The molecule has 0 aromatic carbocycles. The molecule has 1 N–H and O–H groups in total. The molecule has 25 heavy (non-hydrogen) atoms. The molecule has 1 saturated heterocycles. The summed E-state index contributed by atoms with van der Waals surface area (Å²) in [7, 11) is 0. The van der Waals surface area contributed by atoms with Gasteiger partial charge in [0.2, 0.25) is 0 Å². The van der Waals surface area contributed by atoms with E-state index < -0.39 is 5.60 Å². The monoisotopic (exact) mass is 351 g/mol. The highest BCUT2D eigenvalue weighted by Crippen LogP contribution is 2.09. The van der Waals surface area contributed by atoms with Crippen LogP contribution in [0.15, 0.2) is 21.8 Å². The Kier molecular flexibility index (Phi) is 6.81. The minimum absolute atomic E-state index is 0.0265. The summed E-state index contributed by atoms with van der Waals surface area (Å²) in [6.07, 6.45) is 1.60. The molecule has 1 aromatic rings. The molecule has 0 aliphatic carbocycles. The van der Waals surface area contributed by atoms with E-state index in [4.69, 9.17) is 9.26 Å². The number of aromatic nitrogens is 1. The van der Waals surface area contributed by atoms with Crippen molar-refractivity contribution in [3.8, 4) is 0 Å². The molecule has 140 valence electrons. The van der Waals surface area contributed by atoms with Gasteiger partial charge in [-0.25, -0.2) is 4.99 Å². The van der Waals surface area contributed by atoms with Gasteiger partial charge in [-0.05, 0) is 27.7 Å². The molecule has 8 heteroatoms. The van der Waals surface area contributed by atoms with Crippen LogP contribution in [0, 0.1) is 0 Å². The Morgan fingerprint density at radius 1 is 1.36 bits per heavy atom. The number of aliphatic imine (C=N–C) groups is 1. The minimum Gasteiger partial charge on any atom is -0.459 e. The summed E-state index contributed by atoms with van der Waals surface area (Å²) in [5.41, 5.74) is 0.455. The van der Waals surface area contributed by atoms with E-state index in [1.165, 1.54) is 0 Å². The van der Waals surface area contributed by atoms with Crippen LogP contribution >= 0.6 is 0 Å². The van der Waals surface area contributed by atoms with Crippen LogP contribution in [0.4, 0.5) is 0 Å². The van der Waals surface area contributed by atoms with Crippen molar-refractivity contribution in [1.29, 1.82) is 0 Å². The summed E-state index contributed by atoms with van der Waals surface area (Å²) in [5.74, 6) is 0.446. The van der Waals surface area contributed by atoms with Crippen LogP contribution in [0.2, 0.25) is 0 Å². The Bertz CT molecular complexity index is 557. The zero-order valence-corrected chi connectivity index (χ0v) is 15.6. The van der Waals surface area contributed by atoms with Gasteiger partial charge in [0.1, 0.15) is 18.4 Å². The molecule has 2 rings (SSSR count). The predicted octanol–water partition coefficient (Wildman–Crippen LogP) is 1.10. The Labute approximate surface area is 149 Å². The predicted molar refractivity (Wildman–Crippen MR) is 95.2 cm³/mol. The topological polar surface area (TPSA) is 83.2 Å². The van der Waals surface area contributed by atoms with Crippen molar-refractivity contribution in [3.05, 3.63) is 18.0 Å². The van der Waals surface area contributed by atoms with Gasteiger partial charge in [-0.3, -0.25) is 9.69 Å². The number of guanidine groups is 1. The minimum atomic E-state index is -0.488. The Hall–Kier alpha value is -2.09. The lowest BCUT2D eigenvalue weighted by atomic mass is 10.2. The van der Waals surface area contributed by atoms with Crippen molar-refractivity contribution >= 4 is 11.9 Å². The second kappa shape index (κ2) is 8.84. The van der Waals surface area contributed by atoms with Crippen molar-refractivity contribution in [1.82, 2.24) is 20.3 Å². The van der Waals surface area contributed by atoms with E-state index in [2.05, 4.69) is 25.3 Å². The summed E-state index contributed by atoms with van der Waals surface area (Å²) in [5, 5.41) is 7.21. The molecule has 0 saturated carbocycles. The van der Waals surface area contributed by atoms with Crippen LogP contribution in [-0.2, 0) is 16.1 Å². The third kappa shape index (κ3) is 6.74. The van der Waals surface area contributed by atoms with Gasteiger partial charge in [0.25, 0.3) is 0 Å². The molecule has 0 amide bonds. The molecule has 0 unspecified atom stereocenters. The highest BCUT2D eigenvalue weighted by Gasteiger charge is 2.21. The second-order valence-corrected chi connectivity index (χ2v) is 7.01. The first-order chi connectivity index (χ1) is 11.9. The van der Waals surface area contributed by atoms with Gasteiger partial charge >= 0.3 is 5.97 Å². The average Bonchev–Trinajstić information content (AvgIpc) is 3.03. The molecule has 0 atom stereocenters. The van der Waals surface area contributed by atoms with Gasteiger partial charge in [-0.1, -0.05) is 5.16 Å². The van der Waals surface area contributed by atoms with Crippen LogP contribution in [0.3, 0.4) is 0 Å². The number of nitrogens with zero attached hydrogens (tertiary/aromatic N) is 4. The molecule has 1 fully saturated rings. The molecule has 0 bridgehead atoms. The van der Waals surface area contributed by atoms with Crippen molar-refractivity contribution in [3.63, 3.8) is 0 Å². The van der Waals surface area contributed by atoms with Gasteiger partial charge in [-0.2, -0.15) is 0 Å². The standard InChI is InChI=1S/C17H29N5O3/c1-5-18-16(19-12-15(23)25-17(2,3)4)22-9-7-21(8-10-22)13-14-6-11-24-20-14/h6,11H,5,7-10,12-13H2,1-4H3,(H,18,19). The number of rotatable bonds is 5. The fourth-order valence-corrected chi connectivity index (χ4v) is 2.61. The van der Waals surface area contributed by atoms with E-state index in [9.17, 15) is 4.79 Å². The van der Waals surface area contributed by atoms with Gasteiger partial charge in [0.05, 0.1) is 5.69 Å². The van der Waals surface area contributed by atoms with Gasteiger partial charge < -0.3 is 19.5 Å². The fourth-order valence-electron chi connectivity index (χ4n) is 2.61. The number of carbonyl (C=O) groups is 1. The number of carbonyl (C=O) groups excluding carboxylic acids is 1. The SMILES string of the molecule is CCNC(=NCC(=O)OC(C)(C)C)N1CCN(Cc2ccon2)CC1. The Balaban J connectivity index is 1.85. The van der Waals surface area contributed by atoms with Crippen LogP contribution in [0.1, 0.15) is 33.4 Å². The number of nitrogens with one attached hydrogen (secondary N) is 1. The smallest absolute Gasteiger partial charge is 0.328 e. The largest absolute Gasteiger partial charge is 0.459 e. The van der Waals surface area contributed by atoms with Gasteiger partial charge in [-0.15, -0.1) is 0 Å². The van der Waals surface area contributed by atoms with E-state index >= 15 is 0 Å². The Morgan fingerprint density at radius 3 is 2.64 bits per heavy atom. The van der Waals surface area contributed by atoms with Crippen molar-refractivity contribution in [2.75, 3.05) is 39.3 Å². The number of piperazine rings is 1. The summed E-state index contributed by atoms with van der Waals surface area (Å²) < 4.78 is 10.2. The average molecular weight is 351 g/mol. The van der Waals surface area contributed by atoms with Crippen LogP contribution in [0.5, 0.6) is 0 Å². The van der Waals surface area contributed by atoms with E-state index in [0.717, 1.165) is 50.9 Å². The van der Waals surface area contributed by atoms with Crippen molar-refractivity contribution in [2.24, 2.45) is 4.99 Å². The molecule has 1 aliphatic heterocycles. The lowest BCUT2D eigenvalue weighted by Crippen LogP contribution is -2.52. The highest BCUT2D eigenvalue weighted by atomic mass is 16.6. The molecule has 0 spiro atoms. The molecular weight excluding hydrogens is 322 g/mol. The maximum Gasteiger partial charge on any atom is 0.328 e. The Morgan fingerprint density at radius 2 is 2.08 bits per heavy atom. The molecular formula is C17H29N5O3. The second-order valence-electron chi connectivity index (χ2n) is 7.01. The molecule has 8 nitrogen and oxygen atoms in total. The molecule has 2 heterocycles. The van der Waals surface area contributed by atoms with Crippen LogP contribution in [-0.4, -0.2) is 71.8 Å². The van der Waals surface area contributed by atoms with E-state index in [1.54, 1.807) is 6.26 Å². The summed E-state index contributed by atoms with van der Waals surface area (Å²) >= 11 is 0. The number of ether oxygens (including phenoxy) is 1. The third-order valence-corrected chi connectivity index (χ3v) is 3.66. The first-order valence-electron chi connectivity index (χ1n) is 8.74. The van der Waals surface area contributed by atoms with E-state index in [0.29, 0.717) is 0 Å². The van der Waals surface area contributed by atoms with Gasteiger partial charge in [0, 0.05) is 45.3 Å². The number of hydrogen-bond acceptors (Lipinski definition) is 6. The summed E-state index contributed by atoms with van der Waals surface area (Å²) in [4.78, 5) is 20.8. The van der Waals surface area contributed by atoms with E-state index in [1.807, 2.05) is 33.8 Å². The van der Waals surface area contributed by atoms with Crippen molar-refractivity contribution in [2.45, 2.75) is 39.8 Å². The zero-order chi connectivity index (χ0) is 18.3.